The zero-order valence-electron chi connectivity index (χ0n) is 28.8. The first-order valence-corrected chi connectivity index (χ1v) is 16.8. The van der Waals surface area contributed by atoms with Gasteiger partial charge in [-0.25, -0.2) is 4.79 Å². The second-order valence-electron chi connectivity index (χ2n) is 13.4. The maximum Gasteiger partial charge on any atom is 0.329 e. The first-order chi connectivity index (χ1) is 21.2. The summed E-state index contributed by atoms with van der Waals surface area (Å²) in [5, 5.41) is 13.3. The third-order valence-corrected chi connectivity index (χ3v) is 7.85. The Balaban J connectivity index is 3.25. The lowest BCUT2D eigenvalue weighted by Crippen LogP contribution is -2.58. The predicted octanol–water partition coefficient (Wildman–Crippen LogP) is 2.88. The van der Waals surface area contributed by atoms with Crippen molar-refractivity contribution in [3.8, 4) is 0 Å². The van der Waals surface area contributed by atoms with Crippen LogP contribution < -0.4 is 26.6 Å². The van der Waals surface area contributed by atoms with Crippen molar-refractivity contribution in [1.29, 1.82) is 0 Å². The fourth-order valence-electron chi connectivity index (χ4n) is 5.11. The van der Waals surface area contributed by atoms with Crippen LogP contribution in [0, 0.1) is 17.8 Å². The van der Waals surface area contributed by atoms with Gasteiger partial charge in [-0.15, -0.1) is 0 Å². The molecule has 5 N–H and O–H groups in total. The van der Waals surface area contributed by atoms with Gasteiger partial charge in [0, 0.05) is 0 Å². The van der Waals surface area contributed by atoms with E-state index in [1.54, 1.807) is 27.7 Å². The van der Waals surface area contributed by atoms with Crippen LogP contribution in [0.15, 0.2) is 0 Å². The second-order valence-corrected chi connectivity index (χ2v) is 13.4. The molecule has 5 amide bonds. The van der Waals surface area contributed by atoms with Crippen molar-refractivity contribution in [1.82, 2.24) is 26.6 Å². The van der Waals surface area contributed by atoms with Crippen LogP contribution in [0.25, 0.3) is 0 Å². The van der Waals surface area contributed by atoms with E-state index in [0.717, 1.165) is 32.1 Å². The van der Waals surface area contributed by atoms with E-state index in [1.165, 1.54) is 19.8 Å². The Kier molecular flexibility index (Phi) is 18.4. The number of hydrogen-bond acceptors (Lipinski definition) is 7. The van der Waals surface area contributed by atoms with Gasteiger partial charge in [0.05, 0.1) is 13.0 Å². The summed E-state index contributed by atoms with van der Waals surface area (Å²) in [6, 6.07) is -3.96. The zero-order chi connectivity index (χ0) is 34.1. The molecule has 258 valence electrons. The molecule has 12 nitrogen and oxygen atoms in total. The second kappa shape index (κ2) is 20.8. The highest BCUT2D eigenvalue weighted by Gasteiger charge is 2.33. The molecule has 0 aromatic heterocycles. The van der Waals surface area contributed by atoms with Crippen LogP contribution in [0.3, 0.4) is 0 Å². The molecule has 1 saturated heterocycles. The molecule has 0 unspecified atom stereocenters. The van der Waals surface area contributed by atoms with Gasteiger partial charge in [-0.1, -0.05) is 87.0 Å². The molecule has 0 aliphatic carbocycles. The van der Waals surface area contributed by atoms with Gasteiger partial charge in [0.15, 0.2) is 0 Å². The van der Waals surface area contributed by atoms with E-state index in [-0.39, 0.29) is 30.7 Å². The van der Waals surface area contributed by atoms with Gasteiger partial charge in [-0.3, -0.25) is 24.0 Å². The highest BCUT2D eigenvalue weighted by molar-refractivity contribution is 5.95. The quantitative estimate of drug-likeness (QED) is 0.162. The molecule has 12 heteroatoms. The number of amides is 5. The molecule has 5 atom stereocenters. The molecular formula is C33H59N5O7. The van der Waals surface area contributed by atoms with Crippen LogP contribution in [0.1, 0.15) is 120 Å². The lowest BCUT2D eigenvalue weighted by atomic mass is 9.99. The summed E-state index contributed by atoms with van der Waals surface area (Å²) in [4.78, 5) is 78.7. The SMILES string of the molecule is CCCCCCCCC[C@@H]1CC(=O)NCC(=O)N[C@@H](C(C)C)C(=O)N[C@H](CC(C)C)C(=O)N[C@@H](C)C(=O)N[C@@H](C(C)C)C(=O)O1. The number of carbonyl (C=O) groups excluding carboxylic acids is 6. The van der Waals surface area contributed by atoms with E-state index in [9.17, 15) is 28.8 Å². The first kappa shape index (κ1) is 39.8. The van der Waals surface area contributed by atoms with Crippen LogP contribution in [-0.4, -0.2) is 72.3 Å². The molecule has 1 aliphatic heterocycles. The van der Waals surface area contributed by atoms with Gasteiger partial charge in [0.2, 0.25) is 29.5 Å². The maximum atomic E-state index is 13.3. The fraction of sp³-hybridized carbons (Fsp3) is 0.818. The van der Waals surface area contributed by atoms with Crippen LogP contribution in [0.2, 0.25) is 0 Å². The predicted molar refractivity (Wildman–Crippen MR) is 173 cm³/mol. The molecule has 0 radical (unpaired) electrons. The number of unbranched alkanes of at least 4 members (excludes halogenated alkanes) is 6. The van der Waals surface area contributed by atoms with Gasteiger partial charge in [-0.05, 0) is 43.9 Å². The molecular weight excluding hydrogens is 578 g/mol. The summed E-state index contributed by atoms with van der Waals surface area (Å²) in [7, 11) is 0. The van der Waals surface area contributed by atoms with Crippen molar-refractivity contribution in [2.45, 2.75) is 150 Å². The summed E-state index contributed by atoms with van der Waals surface area (Å²) < 4.78 is 5.80. The summed E-state index contributed by atoms with van der Waals surface area (Å²) in [5.74, 6) is -4.02. The Labute approximate surface area is 269 Å². The fourth-order valence-corrected chi connectivity index (χ4v) is 5.11. The Morgan fingerprint density at radius 3 is 1.87 bits per heavy atom. The van der Waals surface area contributed by atoms with E-state index in [2.05, 4.69) is 33.5 Å². The number of nitrogens with one attached hydrogen (secondary N) is 5. The Morgan fingerprint density at radius 1 is 0.689 bits per heavy atom. The van der Waals surface area contributed by atoms with E-state index < -0.39 is 65.8 Å². The monoisotopic (exact) mass is 637 g/mol. The molecule has 0 bridgehead atoms. The average Bonchev–Trinajstić information content (AvgIpc) is 2.95. The van der Waals surface area contributed by atoms with E-state index >= 15 is 0 Å². The van der Waals surface area contributed by atoms with E-state index in [0.29, 0.717) is 12.8 Å². The van der Waals surface area contributed by atoms with Crippen molar-refractivity contribution >= 4 is 35.5 Å². The lowest BCUT2D eigenvalue weighted by Gasteiger charge is -2.27. The number of ether oxygens (including phenoxy) is 1. The normalized spacial score (nSPS) is 25.0. The lowest BCUT2D eigenvalue weighted by molar-refractivity contribution is -0.156. The Morgan fingerprint density at radius 2 is 1.29 bits per heavy atom. The van der Waals surface area contributed by atoms with Crippen molar-refractivity contribution in [3.05, 3.63) is 0 Å². The van der Waals surface area contributed by atoms with E-state index in [1.807, 2.05) is 13.8 Å². The van der Waals surface area contributed by atoms with Crippen molar-refractivity contribution in [2.75, 3.05) is 6.54 Å². The number of cyclic esters (lactones) is 1. The summed E-state index contributed by atoms with van der Waals surface area (Å²) in [6.45, 7) is 14.1. The van der Waals surface area contributed by atoms with Crippen molar-refractivity contribution in [3.63, 3.8) is 0 Å². The summed E-state index contributed by atoms with van der Waals surface area (Å²) in [5.41, 5.74) is 0. The smallest absolute Gasteiger partial charge is 0.329 e. The standard InChI is InChI=1S/C33H59N5O7/c1-9-10-11-12-13-14-15-16-24-18-26(39)34-19-27(40)37-28(21(4)5)32(43)36-25(17-20(2)3)31(42)35-23(8)30(41)38-29(22(6)7)33(44)45-24/h20-25,28-29H,9-19H2,1-8H3,(H,34,39)(H,35,42)(H,36,43)(H,37,40)(H,38,41)/t23-,24+,25+,28-,29-/m0/s1. The number of hydrogen-bond donors (Lipinski definition) is 5. The van der Waals surface area contributed by atoms with Gasteiger partial charge < -0.3 is 31.3 Å². The zero-order valence-corrected chi connectivity index (χ0v) is 28.8. The maximum absolute atomic E-state index is 13.3. The molecule has 1 aliphatic rings. The summed E-state index contributed by atoms with van der Waals surface area (Å²) >= 11 is 0. The highest BCUT2D eigenvalue weighted by Crippen LogP contribution is 2.16. The van der Waals surface area contributed by atoms with E-state index in [4.69, 9.17) is 4.74 Å². The number of rotatable bonds is 12. The number of esters is 1. The molecule has 0 aromatic rings. The van der Waals surface area contributed by atoms with Crippen LogP contribution in [0.5, 0.6) is 0 Å². The van der Waals surface area contributed by atoms with Crippen molar-refractivity contribution < 1.29 is 33.5 Å². The topological polar surface area (TPSA) is 172 Å². The van der Waals surface area contributed by atoms with Crippen molar-refractivity contribution in [2.24, 2.45) is 17.8 Å². The molecule has 0 aromatic carbocycles. The minimum atomic E-state index is -1.02. The minimum Gasteiger partial charge on any atom is -0.460 e. The molecule has 0 spiro atoms. The third kappa shape index (κ3) is 15.6. The first-order valence-electron chi connectivity index (χ1n) is 16.8. The van der Waals surface area contributed by atoms with Gasteiger partial charge in [-0.2, -0.15) is 0 Å². The Hall–Kier alpha value is -3.18. The third-order valence-electron chi connectivity index (χ3n) is 7.85. The molecule has 1 rings (SSSR count). The molecule has 45 heavy (non-hydrogen) atoms. The van der Waals surface area contributed by atoms with Crippen LogP contribution in [0.4, 0.5) is 0 Å². The Bertz CT molecular complexity index is 984. The molecule has 1 heterocycles. The molecule has 0 saturated carbocycles. The highest BCUT2D eigenvalue weighted by atomic mass is 16.5. The van der Waals surface area contributed by atoms with Crippen LogP contribution in [-0.2, 0) is 33.5 Å². The van der Waals surface area contributed by atoms with Gasteiger partial charge >= 0.3 is 5.97 Å². The number of carbonyl (C=O) groups is 6. The largest absolute Gasteiger partial charge is 0.460 e. The molecule has 1 fully saturated rings. The minimum absolute atomic E-state index is 0.0307. The summed E-state index contributed by atoms with van der Waals surface area (Å²) in [6.07, 6.45) is 7.23. The van der Waals surface area contributed by atoms with Gasteiger partial charge in [0.25, 0.3) is 0 Å². The van der Waals surface area contributed by atoms with Crippen LogP contribution >= 0.6 is 0 Å². The average molecular weight is 638 g/mol. The van der Waals surface area contributed by atoms with Gasteiger partial charge in [0.1, 0.15) is 30.3 Å².